The maximum atomic E-state index is 5.87. The highest BCUT2D eigenvalue weighted by atomic mass is 16.5. The van der Waals surface area contributed by atoms with Crippen molar-refractivity contribution in [1.29, 1.82) is 0 Å². The summed E-state index contributed by atoms with van der Waals surface area (Å²) < 4.78 is 5.87. The van der Waals surface area contributed by atoms with Gasteiger partial charge in [0.05, 0.1) is 6.61 Å². The molecule has 0 bridgehead atoms. The molecule has 0 heterocycles. The second kappa shape index (κ2) is 6.65. The van der Waals surface area contributed by atoms with Crippen molar-refractivity contribution in [3.05, 3.63) is 29.8 Å². The maximum Gasteiger partial charge on any atom is 0.123 e. The van der Waals surface area contributed by atoms with Gasteiger partial charge in [-0.15, -0.1) is 0 Å². The van der Waals surface area contributed by atoms with Gasteiger partial charge in [0.2, 0.25) is 0 Å². The van der Waals surface area contributed by atoms with Crippen molar-refractivity contribution in [2.75, 3.05) is 19.7 Å². The molecule has 17 heavy (non-hydrogen) atoms. The average molecular weight is 235 g/mol. The lowest BCUT2D eigenvalue weighted by molar-refractivity contribution is 0.300. The molecule has 0 aliphatic heterocycles. The van der Waals surface area contributed by atoms with Crippen LogP contribution in [0, 0.1) is 0 Å². The maximum absolute atomic E-state index is 5.87. The first-order chi connectivity index (χ1) is 8.05. The summed E-state index contributed by atoms with van der Waals surface area (Å²) >= 11 is 0. The Labute approximate surface area is 105 Å². The smallest absolute Gasteiger partial charge is 0.123 e. The second-order valence-electron chi connectivity index (χ2n) is 5.30. The highest BCUT2D eigenvalue weighted by Gasteiger charge is 2.17. The molecule has 0 aliphatic carbocycles. The molecule has 0 aromatic heterocycles. The Bertz CT molecular complexity index is 328. The Kier molecular flexibility index (Phi) is 5.49. The van der Waals surface area contributed by atoms with Gasteiger partial charge in [-0.1, -0.05) is 45.9 Å². The molecule has 0 radical (unpaired) electrons. The Balaban J connectivity index is 2.53. The minimum Gasteiger partial charge on any atom is -0.493 e. The minimum atomic E-state index is 0.137. The summed E-state index contributed by atoms with van der Waals surface area (Å²) in [6, 6.07) is 8.33. The molecule has 0 unspecified atom stereocenters. The van der Waals surface area contributed by atoms with Crippen LogP contribution in [0.4, 0.5) is 0 Å². The summed E-state index contributed by atoms with van der Waals surface area (Å²) in [5.74, 6) is 1.02. The van der Waals surface area contributed by atoms with Crippen molar-refractivity contribution in [2.24, 2.45) is 0 Å². The van der Waals surface area contributed by atoms with Crippen molar-refractivity contribution in [2.45, 2.75) is 39.5 Å². The van der Waals surface area contributed by atoms with E-state index in [1.807, 2.05) is 6.07 Å². The van der Waals surface area contributed by atoms with Crippen molar-refractivity contribution >= 4 is 0 Å². The zero-order valence-corrected chi connectivity index (χ0v) is 11.5. The van der Waals surface area contributed by atoms with E-state index < -0.39 is 0 Å². The van der Waals surface area contributed by atoms with Crippen LogP contribution in [0.1, 0.15) is 39.7 Å². The third kappa shape index (κ3) is 4.78. The van der Waals surface area contributed by atoms with E-state index in [1.165, 1.54) is 5.56 Å². The second-order valence-corrected chi connectivity index (χ2v) is 5.30. The van der Waals surface area contributed by atoms with Gasteiger partial charge in [0.15, 0.2) is 0 Å². The third-order valence-electron chi connectivity index (χ3n) is 2.70. The van der Waals surface area contributed by atoms with Gasteiger partial charge in [0, 0.05) is 0 Å². The fourth-order valence-electron chi connectivity index (χ4n) is 1.77. The monoisotopic (exact) mass is 235 g/mol. The molecule has 0 saturated carbocycles. The third-order valence-corrected chi connectivity index (χ3v) is 2.70. The van der Waals surface area contributed by atoms with Crippen molar-refractivity contribution in [1.82, 2.24) is 5.32 Å². The lowest BCUT2D eigenvalue weighted by Crippen LogP contribution is -2.18. The van der Waals surface area contributed by atoms with Crippen LogP contribution in [-0.2, 0) is 5.41 Å². The fourth-order valence-corrected chi connectivity index (χ4v) is 1.77. The fraction of sp³-hybridized carbons (Fsp3) is 0.600. The number of nitrogens with one attached hydrogen (secondary N) is 1. The van der Waals surface area contributed by atoms with Gasteiger partial charge in [-0.05, 0) is 36.6 Å². The van der Waals surface area contributed by atoms with Crippen LogP contribution in [0.2, 0.25) is 0 Å². The first kappa shape index (κ1) is 14.0. The van der Waals surface area contributed by atoms with Crippen LogP contribution in [-0.4, -0.2) is 19.7 Å². The quantitative estimate of drug-likeness (QED) is 0.763. The molecule has 0 fully saturated rings. The summed E-state index contributed by atoms with van der Waals surface area (Å²) in [4.78, 5) is 0. The SMILES string of the molecule is CCNCCCOc1ccccc1C(C)(C)C. The summed E-state index contributed by atoms with van der Waals surface area (Å²) in [6.45, 7) is 11.6. The normalized spacial score (nSPS) is 11.5. The molecule has 0 amide bonds. The zero-order chi connectivity index (χ0) is 12.7. The number of hydrogen-bond acceptors (Lipinski definition) is 2. The van der Waals surface area contributed by atoms with Crippen LogP contribution in [0.3, 0.4) is 0 Å². The predicted octanol–water partition coefficient (Wildman–Crippen LogP) is 3.36. The van der Waals surface area contributed by atoms with E-state index in [0.717, 1.165) is 31.9 Å². The van der Waals surface area contributed by atoms with E-state index in [0.29, 0.717) is 0 Å². The Hall–Kier alpha value is -1.02. The molecule has 2 nitrogen and oxygen atoms in total. The molecule has 1 rings (SSSR count). The van der Waals surface area contributed by atoms with Crippen LogP contribution in [0.5, 0.6) is 5.75 Å². The highest BCUT2D eigenvalue weighted by Crippen LogP contribution is 2.30. The van der Waals surface area contributed by atoms with Gasteiger partial charge < -0.3 is 10.1 Å². The van der Waals surface area contributed by atoms with Crippen molar-refractivity contribution in [3.8, 4) is 5.75 Å². The largest absolute Gasteiger partial charge is 0.493 e. The van der Waals surface area contributed by atoms with Gasteiger partial charge in [-0.2, -0.15) is 0 Å². The lowest BCUT2D eigenvalue weighted by Gasteiger charge is -2.22. The number of benzene rings is 1. The summed E-state index contributed by atoms with van der Waals surface area (Å²) in [5.41, 5.74) is 1.42. The molecule has 1 aromatic rings. The van der Waals surface area contributed by atoms with Gasteiger partial charge in [0.25, 0.3) is 0 Å². The molecule has 0 spiro atoms. The molecule has 1 aromatic carbocycles. The van der Waals surface area contributed by atoms with E-state index >= 15 is 0 Å². The number of para-hydroxylation sites is 1. The average Bonchev–Trinajstić information content (AvgIpc) is 2.28. The molecule has 0 saturated heterocycles. The first-order valence-electron chi connectivity index (χ1n) is 6.48. The van der Waals surface area contributed by atoms with Crippen LogP contribution in [0.15, 0.2) is 24.3 Å². The molecular weight excluding hydrogens is 210 g/mol. The van der Waals surface area contributed by atoms with E-state index in [1.54, 1.807) is 0 Å². The first-order valence-corrected chi connectivity index (χ1v) is 6.48. The summed E-state index contributed by atoms with van der Waals surface area (Å²) in [7, 11) is 0. The van der Waals surface area contributed by atoms with Gasteiger partial charge in [-0.3, -0.25) is 0 Å². The summed E-state index contributed by atoms with van der Waals surface area (Å²) in [5, 5.41) is 3.30. The van der Waals surface area contributed by atoms with Crippen molar-refractivity contribution in [3.63, 3.8) is 0 Å². The van der Waals surface area contributed by atoms with E-state index in [4.69, 9.17) is 4.74 Å². The molecule has 1 N–H and O–H groups in total. The van der Waals surface area contributed by atoms with Gasteiger partial charge in [-0.25, -0.2) is 0 Å². The molecule has 0 atom stereocenters. The van der Waals surface area contributed by atoms with E-state index in [-0.39, 0.29) is 5.41 Å². The topological polar surface area (TPSA) is 21.3 Å². The van der Waals surface area contributed by atoms with Gasteiger partial charge >= 0.3 is 0 Å². The Morgan fingerprint density at radius 1 is 1.18 bits per heavy atom. The molecule has 0 aliphatic rings. The van der Waals surface area contributed by atoms with E-state index in [9.17, 15) is 0 Å². The number of hydrogen-bond donors (Lipinski definition) is 1. The molecular formula is C15H25NO. The van der Waals surface area contributed by atoms with E-state index in [2.05, 4.69) is 51.2 Å². The van der Waals surface area contributed by atoms with Crippen molar-refractivity contribution < 1.29 is 4.74 Å². The van der Waals surface area contributed by atoms with Crippen LogP contribution < -0.4 is 10.1 Å². The standard InChI is InChI=1S/C15H25NO/c1-5-16-11-8-12-17-14-10-7-6-9-13(14)15(2,3)4/h6-7,9-10,16H,5,8,11-12H2,1-4H3. The zero-order valence-electron chi connectivity index (χ0n) is 11.5. The van der Waals surface area contributed by atoms with Crippen LogP contribution in [0.25, 0.3) is 0 Å². The Morgan fingerprint density at radius 2 is 1.88 bits per heavy atom. The van der Waals surface area contributed by atoms with Gasteiger partial charge in [0.1, 0.15) is 5.75 Å². The predicted molar refractivity (Wildman–Crippen MR) is 73.8 cm³/mol. The summed E-state index contributed by atoms with van der Waals surface area (Å²) in [6.07, 6.45) is 1.05. The minimum absolute atomic E-state index is 0.137. The number of rotatable bonds is 6. The molecule has 96 valence electrons. The Morgan fingerprint density at radius 3 is 2.53 bits per heavy atom. The highest BCUT2D eigenvalue weighted by molar-refractivity contribution is 5.38. The van der Waals surface area contributed by atoms with Crippen LogP contribution >= 0.6 is 0 Å². The number of ether oxygens (including phenoxy) is 1. The molecule has 2 heteroatoms. The lowest BCUT2D eigenvalue weighted by atomic mass is 9.86.